The third-order valence-corrected chi connectivity index (χ3v) is 3.81. The van der Waals surface area contributed by atoms with Crippen molar-refractivity contribution in [2.45, 2.75) is 44.6 Å². The maximum Gasteiger partial charge on any atom is 0.159 e. The molecule has 1 N–H and O–H groups in total. The van der Waals surface area contributed by atoms with Crippen molar-refractivity contribution in [1.82, 2.24) is 5.32 Å². The highest BCUT2D eigenvalue weighted by Gasteiger charge is 2.42. The summed E-state index contributed by atoms with van der Waals surface area (Å²) in [6.07, 6.45) is 0.975. The predicted octanol–water partition coefficient (Wildman–Crippen LogP) is 2.81. The van der Waals surface area contributed by atoms with E-state index in [0.717, 1.165) is 18.1 Å². The Hall–Kier alpha value is -1.04. The molecule has 20 heavy (non-hydrogen) atoms. The third kappa shape index (κ3) is 3.16. The Labute approximate surface area is 118 Å². The zero-order valence-electron chi connectivity index (χ0n) is 12.0. The molecular formula is C15H21F2NO2. The predicted molar refractivity (Wildman–Crippen MR) is 72.5 cm³/mol. The van der Waals surface area contributed by atoms with Crippen LogP contribution >= 0.6 is 0 Å². The molecule has 1 aromatic carbocycles. The Balaban J connectivity index is 1.94. The van der Waals surface area contributed by atoms with Gasteiger partial charge in [-0.1, -0.05) is 6.07 Å². The van der Waals surface area contributed by atoms with Gasteiger partial charge in [0.2, 0.25) is 0 Å². The van der Waals surface area contributed by atoms with Crippen LogP contribution in [0.15, 0.2) is 18.2 Å². The fourth-order valence-corrected chi connectivity index (χ4v) is 2.64. The molecule has 4 atom stereocenters. The molecule has 0 aromatic heterocycles. The highest BCUT2D eigenvalue weighted by Crippen LogP contribution is 2.29. The van der Waals surface area contributed by atoms with E-state index in [2.05, 4.69) is 5.32 Å². The minimum Gasteiger partial charge on any atom is -0.377 e. The van der Waals surface area contributed by atoms with Gasteiger partial charge in [-0.2, -0.15) is 0 Å². The number of benzene rings is 1. The van der Waals surface area contributed by atoms with Crippen LogP contribution in [0.1, 0.15) is 31.9 Å². The van der Waals surface area contributed by atoms with Crippen LogP contribution in [0.2, 0.25) is 0 Å². The van der Waals surface area contributed by atoms with Crippen LogP contribution in [0.3, 0.4) is 0 Å². The first-order valence-electron chi connectivity index (χ1n) is 6.92. The number of halogens is 2. The van der Waals surface area contributed by atoms with Gasteiger partial charge in [0.05, 0.1) is 12.2 Å². The van der Waals surface area contributed by atoms with E-state index in [1.165, 1.54) is 6.07 Å². The van der Waals surface area contributed by atoms with E-state index in [4.69, 9.17) is 9.47 Å². The van der Waals surface area contributed by atoms with E-state index in [-0.39, 0.29) is 24.3 Å². The minimum absolute atomic E-state index is 0.00250. The number of nitrogens with one attached hydrogen (secondary N) is 1. The van der Waals surface area contributed by atoms with Gasteiger partial charge in [0.25, 0.3) is 0 Å². The average molecular weight is 285 g/mol. The van der Waals surface area contributed by atoms with Crippen LogP contribution in [-0.2, 0) is 9.47 Å². The summed E-state index contributed by atoms with van der Waals surface area (Å²) in [5.74, 6) is -1.64. The molecule has 0 bridgehead atoms. The molecule has 1 aliphatic carbocycles. The van der Waals surface area contributed by atoms with Crippen molar-refractivity contribution in [1.29, 1.82) is 0 Å². The van der Waals surface area contributed by atoms with Gasteiger partial charge in [0.1, 0.15) is 0 Å². The number of rotatable bonds is 6. The van der Waals surface area contributed by atoms with E-state index in [0.29, 0.717) is 6.61 Å². The molecule has 0 heterocycles. The van der Waals surface area contributed by atoms with Crippen molar-refractivity contribution in [3.8, 4) is 0 Å². The number of hydrogen-bond acceptors (Lipinski definition) is 3. The van der Waals surface area contributed by atoms with Gasteiger partial charge in [0, 0.05) is 25.8 Å². The molecule has 3 nitrogen and oxygen atoms in total. The van der Waals surface area contributed by atoms with Crippen molar-refractivity contribution >= 4 is 0 Å². The normalized spacial score (nSPS) is 27.1. The lowest BCUT2D eigenvalue weighted by Gasteiger charge is -2.44. The summed E-state index contributed by atoms with van der Waals surface area (Å²) in [6, 6.07) is 4.07. The van der Waals surface area contributed by atoms with E-state index in [1.807, 2.05) is 13.8 Å². The van der Waals surface area contributed by atoms with Crippen LogP contribution in [0.25, 0.3) is 0 Å². The largest absolute Gasteiger partial charge is 0.377 e. The smallest absolute Gasteiger partial charge is 0.159 e. The van der Waals surface area contributed by atoms with E-state index >= 15 is 0 Å². The Morgan fingerprint density at radius 3 is 2.70 bits per heavy atom. The Bertz CT molecular complexity index is 455. The molecule has 4 unspecified atom stereocenters. The third-order valence-electron chi connectivity index (χ3n) is 3.81. The van der Waals surface area contributed by atoms with Gasteiger partial charge < -0.3 is 14.8 Å². The van der Waals surface area contributed by atoms with Crippen LogP contribution < -0.4 is 5.32 Å². The standard InChI is InChI=1S/C15H21F2NO2/c1-4-20-14-8-13(15(14)19-3)18-9(2)10-5-6-11(16)12(17)7-10/h5-7,9,13-15,18H,4,8H2,1-3H3. The second-order valence-corrected chi connectivity index (χ2v) is 5.10. The lowest BCUT2D eigenvalue weighted by atomic mass is 9.84. The molecule has 1 saturated carbocycles. The van der Waals surface area contributed by atoms with Gasteiger partial charge >= 0.3 is 0 Å². The molecule has 0 radical (unpaired) electrons. The second-order valence-electron chi connectivity index (χ2n) is 5.10. The molecule has 1 aromatic rings. The molecule has 0 aliphatic heterocycles. The first kappa shape index (κ1) is 15.4. The zero-order valence-corrected chi connectivity index (χ0v) is 12.0. The fraction of sp³-hybridized carbons (Fsp3) is 0.600. The molecule has 2 rings (SSSR count). The Kier molecular flexibility index (Phi) is 5.07. The van der Waals surface area contributed by atoms with Crippen molar-refractivity contribution in [3.63, 3.8) is 0 Å². The molecule has 112 valence electrons. The Morgan fingerprint density at radius 1 is 1.35 bits per heavy atom. The van der Waals surface area contributed by atoms with Crippen molar-refractivity contribution in [3.05, 3.63) is 35.4 Å². The average Bonchev–Trinajstić information content (AvgIpc) is 2.40. The SMILES string of the molecule is CCOC1CC(NC(C)c2ccc(F)c(F)c2)C1OC. The van der Waals surface area contributed by atoms with Crippen LogP contribution in [0.5, 0.6) is 0 Å². The monoisotopic (exact) mass is 285 g/mol. The van der Waals surface area contributed by atoms with Gasteiger partial charge in [-0.15, -0.1) is 0 Å². The van der Waals surface area contributed by atoms with Gasteiger partial charge in [-0.3, -0.25) is 0 Å². The summed E-state index contributed by atoms with van der Waals surface area (Å²) >= 11 is 0. The van der Waals surface area contributed by atoms with Crippen molar-refractivity contribution < 1.29 is 18.3 Å². The topological polar surface area (TPSA) is 30.5 Å². The van der Waals surface area contributed by atoms with Crippen LogP contribution in [0.4, 0.5) is 8.78 Å². The number of methoxy groups -OCH3 is 1. The van der Waals surface area contributed by atoms with Crippen molar-refractivity contribution in [2.75, 3.05) is 13.7 Å². The second kappa shape index (κ2) is 6.61. The highest BCUT2D eigenvalue weighted by atomic mass is 19.2. The molecule has 1 fully saturated rings. The van der Waals surface area contributed by atoms with Crippen molar-refractivity contribution in [2.24, 2.45) is 0 Å². The quantitative estimate of drug-likeness (QED) is 0.872. The molecule has 5 heteroatoms. The summed E-state index contributed by atoms with van der Waals surface area (Å²) in [4.78, 5) is 0. The molecular weight excluding hydrogens is 264 g/mol. The minimum atomic E-state index is -0.823. The lowest BCUT2D eigenvalue weighted by Crippen LogP contribution is -2.60. The summed E-state index contributed by atoms with van der Waals surface area (Å²) < 4.78 is 37.1. The molecule has 0 amide bonds. The molecule has 0 saturated heterocycles. The maximum absolute atomic E-state index is 13.2. The Morgan fingerprint density at radius 2 is 2.10 bits per heavy atom. The first-order chi connectivity index (χ1) is 9.56. The summed E-state index contributed by atoms with van der Waals surface area (Å²) in [6.45, 7) is 4.54. The summed E-state index contributed by atoms with van der Waals surface area (Å²) in [5, 5.41) is 3.37. The van der Waals surface area contributed by atoms with Gasteiger partial charge in [-0.25, -0.2) is 8.78 Å². The van der Waals surface area contributed by atoms with E-state index in [1.54, 1.807) is 13.2 Å². The summed E-state index contributed by atoms with van der Waals surface area (Å²) in [7, 11) is 1.66. The number of ether oxygens (including phenoxy) is 2. The number of hydrogen-bond donors (Lipinski definition) is 1. The van der Waals surface area contributed by atoms with Crippen LogP contribution in [0, 0.1) is 11.6 Å². The summed E-state index contributed by atoms with van der Waals surface area (Å²) in [5.41, 5.74) is 0.721. The fourth-order valence-electron chi connectivity index (χ4n) is 2.64. The van der Waals surface area contributed by atoms with E-state index < -0.39 is 11.6 Å². The maximum atomic E-state index is 13.2. The van der Waals surface area contributed by atoms with Gasteiger partial charge in [-0.05, 0) is 38.0 Å². The highest BCUT2D eigenvalue weighted by molar-refractivity contribution is 5.21. The van der Waals surface area contributed by atoms with E-state index in [9.17, 15) is 8.78 Å². The lowest BCUT2D eigenvalue weighted by molar-refractivity contribution is -0.133. The molecule has 0 spiro atoms. The van der Waals surface area contributed by atoms with Crippen LogP contribution in [-0.4, -0.2) is 32.0 Å². The van der Waals surface area contributed by atoms with Gasteiger partial charge in [0.15, 0.2) is 11.6 Å². The first-order valence-corrected chi connectivity index (χ1v) is 6.92. The molecule has 1 aliphatic rings. The zero-order chi connectivity index (χ0) is 14.7.